The zero-order valence-corrected chi connectivity index (χ0v) is 17.4. The highest BCUT2D eigenvalue weighted by Gasteiger charge is 2.18. The number of carbonyl (C=O) groups excluding carboxylic acids is 2. The van der Waals surface area contributed by atoms with Crippen molar-refractivity contribution in [3.63, 3.8) is 0 Å². The number of ether oxygens (including phenoxy) is 1. The van der Waals surface area contributed by atoms with Crippen LogP contribution in [0.15, 0.2) is 0 Å². The molecule has 1 rings (SSSR count). The Morgan fingerprint density at radius 1 is 1.22 bits per heavy atom. The Bertz CT molecular complexity index is 362. The number of rotatable bonds is 7. The van der Waals surface area contributed by atoms with Crippen LogP contribution >= 0.6 is 24.0 Å². The van der Waals surface area contributed by atoms with Crippen LogP contribution in [-0.4, -0.2) is 63.2 Å². The largest absolute Gasteiger partial charge is 0.490 e. The molecule has 0 atom stereocenters. The lowest BCUT2D eigenvalue weighted by Crippen LogP contribution is -2.29. The smallest absolute Gasteiger partial charge is 0.431 e. The second kappa shape index (κ2) is 13.8. The van der Waals surface area contributed by atoms with Gasteiger partial charge in [0.15, 0.2) is 0 Å². The van der Waals surface area contributed by atoms with Crippen LogP contribution in [0.5, 0.6) is 0 Å². The van der Waals surface area contributed by atoms with Gasteiger partial charge in [0, 0.05) is 38.6 Å². The van der Waals surface area contributed by atoms with Crippen molar-refractivity contribution in [3.05, 3.63) is 0 Å². The summed E-state index contributed by atoms with van der Waals surface area (Å²) in [5.41, 5.74) is 0. The molecule has 6 nitrogen and oxygen atoms in total. The molecule has 1 heterocycles. The van der Waals surface area contributed by atoms with Crippen molar-refractivity contribution in [3.8, 4) is 0 Å². The first-order valence-corrected chi connectivity index (χ1v) is 10.2. The lowest BCUT2D eigenvalue weighted by atomic mass is 10.1. The first-order valence-electron chi connectivity index (χ1n) is 7.66. The van der Waals surface area contributed by atoms with E-state index < -0.39 is 21.9 Å². The molecule has 0 radical (unpaired) electrons. The fraction of sp³-hybridized carbons (Fsp3) is 0.786. The van der Waals surface area contributed by atoms with E-state index in [1.165, 1.54) is 20.3 Å². The highest BCUT2D eigenvalue weighted by Crippen LogP contribution is 2.19. The molecule has 0 saturated carbocycles. The van der Waals surface area contributed by atoms with Crippen molar-refractivity contribution in [1.29, 1.82) is 0 Å². The summed E-state index contributed by atoms with van der Waals surface area (Å²) >= 11 is 7.15. The Labute approximate surface area is 150 Å². The summed E-state index contributed by atoms with van der Waals surface area (Å²) in [5.74, 6) is 1.14. The molecule has 0 N–H and O–H groups in total. The van der Waals surface area contributed by atoms with Gasteiger partial charge in [0.2, 0.25) is 0 Å². The molecule has 0 amide bonds. The summed E-state index contributed by atoms with van der Waals surface area (Å²) in [7, 11) is -1.38. The van der Waals surface area contributed by atoms with E-state index in [4.69, 9.17) is 17.0 Å². The molecule has 0 aliphatic carbocycles. The average molecular weight is 382 g/mol. The van der Waals surface area contributed by atoms with Crippen LogP contribution in [0.3, 0.4) is 0 Å². The quantitative estimate of drug-likeness (QED) is 0.485. The summed E-state index contributed by atoms with van der Waals surface area (Å²) in [6, 6.07) is 0. The normalized spacial score (nSPS) is 13.2. The average Bonchev–Trinajstić information content (AvgIpc) is 2.43. The minimum absolute atomic E-state index is 0.400. The molecule has 0 aromatic rings. The lowest BCUT2D eigenvalue weighted by molar-refractivity contribution is -0.136. The standard InChI is InChI=1S/C10H19NOS2.C4H8O4Si/c1-3-11(4-2)10(13)14-6-5-9-7-12-8-9;1-3(5)7-9-8-4(2)6/h9H,3-8H2,1-2H3;9H2,1-2H3. The van der Waals surface area contributed by atoms with Gasteiger partial charge in [0.1, 0.15) is 4.32 Å². The Balaban J connectivity index is 0.000000468. The number of nitrogens with zero attached hydrogens (tertiary/aromatic N) is 1. The fourth-order valence-corrected chi connectivity index (χ4v) is 3.50. The fourth-order valence-electron chi connectivity index (χ4n) is 1.53. The highest BCUT2D eigenvalue weighted by molar-refractivity contribution is 8.22. The zero-order valence-electron chi connectivity index (χ0n) is 14.3. The van der Waals surface area contributed by atoms with Crippen LogP contribution in [-0.2, 0) is 23.2 Å². The molecule has 9 heteroatoms. The number of thiocarbonyl (C=S) groups is 1. The molecule has 1 aliphatic heterocycles. The van der Waals surface area contributed by atoms with Gasteiger partial charge in [-0.3, -0.25) is 9.59 Å². The van der Waals surface area contributed by atoms with E-state index in [1.54, 1.807) is 0 Å². The van der Waals surface area contributed by atoms with Crippen molar-refractivity contribution < 1.29 is 23.2 Å². The van der Waals surface area contributed by atoms with E-state index in [0.29, 0.717) is 0 Å². The van der Waals surface area contributed by atoms with E-state index in [2.05, 4.69) is 27.6 Å². The molecular formula is C14H27NO5S2Si. The first kappa shape index (κ1) is 22.4. The Hall–Kier alpha value is -0.643. The van der Waals surface area contributed by atoms with E-state index in [0.717, 1.165) is 42.3 Å². The molecule has 0 aromatic carbocycles. The van der Waals surface area contributed by atoms with E-state index >= 15 is 0 Å². The predicted molar refractivity (Wildman–Crippen MR) is 99.0 cm³/mol. The number of carbonyl (C=O) groups is 2. The van der Waals surface area contributed by atoms with Gasteiger partial charge in [-0.2, -0.15) is 0 Å². The maximum atomic E-state index is 10.0. The number of hydrogen-bond acceptors (Lipinski definition) is 7. The zero-order chi connectivity index (χ0) is 17.7. The van der Waals surface area contributed by atoms with Crippen molar-refractivity contribution >= 4 is 50.2 Å². The van der Waals surface area contributed by atoms with Crippen molar-refractivity contribution in [2.45, 2.75) is 34.1 Å². The van der Waals surface area contributed by atoms with Crippen LogP contribution in [0.4, 0.5) is 0 Å². The monoisotopic (exact) mass is 381 g/mol. The SMILES string of the molecule is CC(=O)O[SiH2]OC(C)=O.CCN(CC)C(=S)SCCC1COC1. The Morgan fingerprint density at radius 2 is 1.74 bits per heavy atom. The van der Waals surface area contributed by atoms with Crippen LogP contribution in [0.25, 0.3) is 0 Å². The van der Waals surface area contributed by atoms with Crippen LogP contribution in [0.2, 0.25) is 0 Å². The molecule has 0 bridgehead atoms. The first-order chi connectivity index (χ1) is 10.9. The van der Waals surface area contributed by atoms with Gasteiger partial charge in [-0.15, -0.1) is 0 Å². The highest BCUT2D eigenvalue weighted by atomic mass is 32.2. The van der Waals surface area contributed by atoms with Gasteiger partial charge in [0.25, 0.3) is 11.9 Å². The molecule has 0 aromatic heterocycles. The number of thioether (sulfide) groups is 1. The van der Waals surface area contributed by atoms with Crippen LogP contribution in [0.1, 0.15) is 34.1 Å². The van der Waals surface area contributed by atoms with Crippen LogP contribution < -0.4 is 0 Å². The Morgan fingerprint density at radius 3 is 2.09 bits per heavy atom. The minimum Gasteiger partial charge on any atom is -0.490 e. The third kappa shape index (κ3) is 12.4. The molecule has 23 heavy (non-hydrogen) atoms. The molecular weight excluding hydrogens is 354 g/mol. The summed E-state index contributed by atoms with van der Waals surface area (Å²) < 4.78 is 15.0. The molecule has 1 aliphatic rings. The van der Waals surface area contributed by atoms with Crippen molar-refractivity contribution in [1.82, 2.24) is 4.90 Å². The Kier molecular flexibility index (Phi) is 13.4. The minimum atomic E-state index is -1.38. The van der Waals surface area contributed by atoms with Gasteiger partial charge in [-0.25, -0.2) is 0 Å². The summed E-state index contributed by atoms with van der Waals surface area (Å²) in [6.45, 7) is 10.8. The van der Waals surface area contributed by atoms with Gasteiger partial charge >= 0.3 is 10.0 Å². The summed E-state index contributed by atoms with van der Waals surface area (Å²) in [6.07, 6.45) is 1.24. The van der Waals surface area contributed by atoms with Gasteiger partial charge in [-0.1, -0.05) is 24.0 Å². The van der Waals surface area contributed by atoms with Crippen molar-refractivity contribution in [2.75, 3.05) is 32.1 Å². The topological polar surface area (TPSA) is 65.1 Å². The number of hydrogen-bond donors (Lipinski definition) is 0. The third-order valence-corrected chi connectivity index (χ3v) is 5.61. The molecule has 0 unspecified atom stereocenters. The van der Waals surface area contributed by atoms with Crippen molar-refractivity contribution in [2.24, 2.45) is 5.92 Å². The van der Waals surface area contributed by atoms with E-state index in [9.17, 15) is 9.59 Å². The second-order valence-electron chi connectivity index (χ2n) is 4.87. The maximum absolute atomic E-state index is 10.0. The van der Waals surface area contributed by atoms with E-state index in [-0.39, 0.29) is 0 Å². The van der Waals surface area contributed by atoms with E-state index in [1.807, 2.05) is 11.8 Å². The summed E-state index contributed by atoms with van der Waals surface area (Å²) in [5, 5.41) is 0. The second-order valence-corrected chi connectivity index (χ2v) is 7.41. The van der Waals surface area contributed by atoms with Gasteiger partial charge in [0.05, 0.1) is 13.2 Å². The maximum Gasteiger partial charge on any atom is 0.431 e. The van der Waals surface area contributed by atoms with Gasteiger partial charge < -0.3 is 18.5 Å². The molecule has 1 fully saturated rings. The molecule has 1 saturated heterocycles. The van der Waals surface area contributed by atoms with Gasteiger partial charge in [-0.05, 0) is 20.3 Å². The summed E-state index contributed by atoms with van der Waals surface area (Å²) in [4.78, 5) is 22.3. The van der Waals surface area contributed by atoms with Crippen LogP contribution in [0, 0.1) is 5.92 Å². The third-order valence-electron chi connectivity index (χ3n) is 3.00. The lowest BCUT2D eigenvalue weighted by Gasteiger charge is -2.26. The molecule has 0 spiro atoms. The molecule has 134 valence electrons. The predicted octanol–water partition coefficient (Wildman–Crippen LogP) is 1.49.